The van der Waals surface area contributed by atoms with Crippen molar-refractivity contribution in [2.45, 2.75) is 19.3 Å². The van der Waals surface area contributed by atoms with Gasteiger partial charge in [-0.1, -0.05) is 5.16 Å². The van der Waals surface area contributed by atoms with E-state index in [1.165, 1.54) is 6.42 Å². The van der Waals surface area contributed by atoms with E-state index in [4.69, 9.17) is 10.9 Å². The second-order valence-corrected chi connectivity index (χ2v) is 4.54. The Morgan fingerprint density at radius 1 is 1.21 bits per heavy atom. The molecular formula is C13H18N4O2. The van der Waals surface area contributed by atoms with E-state index < -0.39 is 0 Å². The number of piperidine rings is 1. The Labute approximate surface area is 111 Å². The molecule has 0 aliphatic carbocycles. The highest BCUT2D eigenvalue weighted by atomic mass is 16.4. The fourth-order valence-corrected chi connectivity index (χ4v) is 2.08. The summed E-state index contributed by atoms with van der Waals surface area (Å²) in [6.07, 6.45) is 3.32. The molecule has 0 bridgehead atoms. The van der Waals surface area contributed by atoms with E-state index in [0.29, 0.717) is 11.3 Å². The molecule has 2 rings (SSSR count). The van der Waals surface area contributed by atoms with Crippen molar-refractivity contribution in [3.05, 3.63) is 29.8 Å². The molecule has 0 radical (unpaired) electrons. The zero-order valence-electron chi connectivity index (χ0n) is 10.7. The first-order chi connectivity index (χ1) is 9.20. The summed E-state index contributed by atoms with van der Waals surface area (Å²) in [6.45, 7) is 1.63. The zero-order valence-corrected chi connectivity index (χ0v) is 10.7. The number of oxime groups is 1. The fourth-order valence-electron chi connectivity index (χ4n) is 2.08. The molecule has 4 N–H and O–H groups in total. The third-order valence-electron chi connectivity index (χ3n) is 3.18. The van der Waals surface area contributed by atoms with Gasteiger partial charge in [0.2, 0.25) is 0 Å². The molecule has 19 heavy (non-hydrogen) atoms. The van der Waals surface area contributed by atoms with Crippen molar-refractivity contribution in [1.29, 1.82) is 0 Å². The topological polar surface area (TPSA) is 91.0 Å². The van der Waals surface area contributed by atoms with E-state index in [1.807, 2.05) is 4.90 Å². The molecule has 1 saturated heterocycles. The summed E-state index contributed by atoms with van der Waals surface area (Å²) in [5.41, 5.74) is 6.78. The maximum Gasteiger partial charge on any atom is 0.321 e. The van der Waals surface area contributed by atoms with Crippen LogP contribution in [0, 0.1) is 0 Å². The number of amides is 2. The Morgan fingerprint density at radius 2 is 1.84 bits per heavy atom. The number of nitrogens with zero attached hydrogens (tertiary/aromatic N) is 2. The fraction of sp³-hybridized carbons (Fsp3) is 0.385. The summed E-state index contributed by atoms with van der Waals surface area (Å²) < 4.78 is 0. The van der Waals surface area contributed by atoms with Gasteiger partial charge >= 0.3 is 6.03 Å². The Bertz CT molecular complexity index is 464. The number of nitrogens with two attached hydrogens (primary N) is 1. The molecule has 102 valence electrons. The summed E-state index contributed by atoms with van der Waals surface area (Å²) in [4.78, 5) is 13.8. The SMILES string of the molecule is NC(=NO)c1ccc(NC(=O)N2CCCCC2)cc1. The molecule has 0 spiro atoms. The van der Waals surface area contributed by atoms with Gasteiger partial charge < -0.3 is 21.2 Å². The number of rotatable bonds is 2. The minimum absolute atomic E-state index is 0.0499. The van der Waals surface area contributed by atoms with Crippen LogP contribution in [0.4, 0.5) is 10.5 Å². The number of carbonyl (C=O) groups excluding carboxylic acids is 1. The Balaban J connectivity index is 1.97. The number of likely N-dealkylation sites (tertiary alicyclic amines) is 1. The van der Waals surface area contributed by atoms with Crippen molar-refractivity contribution in [3.8, 4) is 0 Å². The molecule has 1 aromatic rings. The lowest BCUT2D eigenvalue weighted by molar-refractivity contribution is 0.200. The van der Waals surface area contributed by atoms with Gasteiger partial charge in [0.25, 0.3) is 0 Å². The lowest BCUT2D eigenvalue weighted by atomic mass is 10.1. The van der Waals surface area contributed by atoms with Gasteiger partial charge in [0.15, 0.2) is 5.84 Å². The highest BCUT2D eigenvalue weighted by Gasteiger charge is 2.16. The predicted octanol–water partition coefficient (Wildman–Crippen LogP) is 1.80. The van der Waals surface area contributed by atoms with Gasteiger partial charge in [-0.25, -0.2) is 4.79 Å². The first kappa shape index (κ1) is 13.2. The van der Waals surface area contributed by atoms with Crippen LogP contribution in [0.25, 0.3) is 0 Å². The standard InChI is InChI=1S/C13H18N4O2/c14-12(16-19)10-4-6-11(7-5-10)15-13(18)17-8-2-1-3-9-17/h4-7,19H,1-3,8-9H2,(H2,14,16)(H,15,18). The average molecular weight is 262 g/mol. The summed E-state index contributed by atoms with van der Waals surface area (Å²) in [7, 11) is 0. The highest BCUT2D eigenvalue weighted by Crippen LogP contribution is 2.13. The van der Waals surface area contributed by atoms with Crippen LogP contribution in [0.5, 0.6) is 0 Å². The molecule has 0 atom stereocenters. The number of hydrogen-bond acceptors (Lipinski definition) is 3. The third-order valence-corrected chi connectivity index (χ3v) is 3.18. The monoisotopic (exact) mass is 262 g/mol. The van der Waals surface area contributed by atoms with Crippen LogP contribution in [0.1, 0.15) is 24.8 Å². The van der Waals surface area contributed by atoms with Gasteiger partial charge in [0.05, 0.1) is 0 Å². The van der Waals surface area contributed by atoms with Crippen LogP contribution in [-0.4, -0.2) is 35.1 Å². The molecule has 1 heterocycles. The van der Waals surface area contributed by atoms with Gasteiger partial charge in [0, 0.05) is 24.3 Å². The van der Waals surface area contributed by atoms with Crippen molar-refractivity contribution in [3.63, 3.8) is 0 Å². The van der Waals surface area contributed by atoms with Crippen LogP contribution in [0.15, 0.2) is 29.4 Å². The largest absolute Gasteiger partial charge is 0.409 e. The number of nitrogens with one attached hydrogen (secondary N) is 1. The molecule has 6 heteroatoms. The number of urea groups is 1. The van der Waals surface area contributed by atoms with E-state index in [-0.39, 0.29) is 11.9 Å². The number of benzene rings is 1. The third kappa shape index (κ3) is 3.37. The maximum absolute atomic E-state index is 12.0. The minimum atomic E-state index is -0.0729. The normalized spacial score (nSPS) is 16.2. The Kier molecular flexibility index (Phi) is 4.22. The van der Waals surface area contributed by atoms with E-state index in [0.717, 1.165) is 25.9 Å². The number of amidine groups is 1. The first-order valence-electron chi connectivity index (χ1n) is 6.34. The van der Waals surface area contributed by atoms with E-state index in [1.54, 1.807) is 24.3 Å². The average Bonchev–Trinajstić information content (AvgIpc) is 2.48. The lowest BCUT2D eigenvalue weighted by Gasteiger charge is -2.26. The van der Waals surface area contributed by atoms with Crippen LogP contribution in [0.2, 0.25) is 0 Å². The second-order valence-electron chi connectivity index (χ2n) is 4.54. The first-order valence-corrected chi connectivity index (χ1v) is 6.34. The van der Waals surface area contributed by atoms with Crippen LogP contribution >= 0.6 is 0 Å². The number of carbonyl (C=O) groups is 1. The molecule has 1 fully saturated rings. The second kappa shape index (κ2) is 6.08. The van der Waals surface area contributed by atoms with Gasteiger partial charge in [-0.2, -0.15) is 0 Å². The van der Waals surface area contributed by atoms with E-state index >= 15 is 0 Å². The van der Waals surface area contributed by atoms with Gasteiger partial charge in [-0.05, 0) is 43.5 Å². The molecule has 0 saturated carbocycles. The highest BCUT2D eigenvalue weighted by molar-refractivity contribution is 5.97. The van der Waals surface area contributed by atoms with Crippen LogP contribution in [-0.2, 0) is 0 Å². The van der Waals surface area contributed by atoms with Crippen molar-refractivity contribution >= 4 is 17.6 Å². The molecule has 6 nitrogen and oxygen atoms in total. The Hall–Kier alpha value is -2.24. The predicted molar refractivity (Wildman–Crippen MR) is 73.4 cm³/mol. The maximum atomic E-state index is 12.0. The van der Waals surface area contributed by atoms with Crippen molar-refractivity contribution in [2.24, 2.45) is 10.9 Å². The summed E-state index contributed by atoms with van der Waals surface area (Å²) in [5.74, 6) is 0.0499. The Morgan fingerprint density at radius 3 is 2.42 bits per heavy atom. The minimum Gasteiger partial charge on any atom is -0.409 e. The molecule has 1 aliphatic rings. The quantitative estimate of drug-likeness (QED) is 0.328. The molecule has 0 aromatic heterocycles. The van der Waals surface area contributed by atoms with Crippen LogP contribution < -0.4 is 11.1 Å². The number of anilines is 1. The van der Waals surface area contributed by atoms with E-state index in [2.05, 4.69) is 10.5 Å². The van der Waals surface area contributed by atoms with Crippen molar-refractivity contribution in [2.75, 3.05) is 18.4 Å². The molecular weight excluding hydrogens is 244 g/mol. The van der Waals surface area contributed by atoms with Crippen molar-refractivity contribution in [1.82, 2.24) is 4.90 Å². The summed E-state index contributed by atoms with van der Waals surface area (Å²) >= 11 is 0. The summed E-state index contributed by atoms with van der Waals surface area (Å²) in [6, 6.07) is 6.78. The van der Waals surface area contributed by atoms with Crippen molar-refractivity contribution < 1.29 is 10.0 Å². The zero-order chi connectivity index (χ0) is 13.7. The van der Waals surface area contributed by atoms with Crippen LogP contribution in [0.3, 0.4) is 0 Å². The molecule has 1 aliphatic heterocycles. The number of hydrogen-bond donors (Lipinski definition) is 3. The smallest absolute Gasteiger partial charge is 0.321 e. The van der Waals surface area contributed by atoms with Gasteiger partial charge in [-0.3, -0.25) is 0 Å². The summed E-state index contributed by atoms with van der Waals surface area (Å²) in [5, 5.41) is 14.3. The van der Waals surface area contributed by atoms with E-state index in [9.17, 15) is 4.79 Å². The van der Waals surface area contributed by atoms with Gasteiger partial charge in [-0.15, -0.1) is 0 Å². The molecule has 0 unspecified atom stereocenters. The van der Waals surface area contributed by atoms with Gasteiger partial charge in [0.1, 0.15) is 0 Å². The molecule has 2 amide bonds. The lowest BCUT2D eigenvalue weighted by Crippen LogP contribution is -2.38. The molecule has 1 aromatic carbocycles.